The minimum atomic E-state index is 0.461. The molecule has 2 aromatic rings. The van der Waals surface area contributed by atoms with Gasteiger partial charge in [0.05, 0.1) is 6.10 Å². The number of fused-ring (bicyclic) bond motifs is 1. The van der Waals surface area contributed by atoms with E-state index in [0.717, 1.165) is 11.3 Å². The van der Waals surface area contributed by atoms with E-state index in [1.165, 1.54) is 24.6 Å². The molecular formula is C12H13NO. The first kappa shape index (κ1) is 7.92. The number of nitrogens with one attached hydrogen (secondary N) is 1. The largest absolute Gasteiger partial charge is 0.490 e. The third-order valence-electron chi connectivity index (χ3n) is 2.88. The molecule has 1 aromatic carbocycles. The molecule has 0 unspecified atom stereocenters. The van der Waals surface area contributed by atoms with Crippen molar-refractivity contribution in [2.45, 2.75) is 25.4 Å². The standard InChI is InChI=1S/C12H13NO/c1-2-10(3-1)14-11-5-4-9-6-7-13-12(9)8-11/h4-8,10,13H,1-3H2. The minimum absolute atomic E-state index is 0.461. The van der Waals surface area contributed by atoms with Crippen molar-refractivity contribution in [2.75, 3.05) is 0 Å². The molecule has 0 aliphatic heterocycles. The summed E-state index contributed by atoms with van der Waals surface area (Å²) in [5, 5.41) is 1.24. The van der Waals surface area contributed by atoms with E-state index in [1.54, 1.807) is 0 Å². The molecular weight excluding hydrogens is 174 g/mol. The first-order valence-corrected chi connectivity index (χ1v) is 5.16. The van der Waals surface area contributed by atoms with Crippen LogP contribution in [0.4, 0.5) is 0 Å². The topological polar surface area (TPSA) is 25.0 Å². The van der Waals surface area contributed by atoms with Gasteiger partial charge in [-0.2, -0.15) is 0 Å². The molecule has 1 fully saturated rings. The Bertz CT molecular complexity index is 442. The SMILES string of the molecule is c1cc2ccc(OC3CCC3)cc2[nH]1. The second kappa shape index (κ2) is 3.05. The molecule has 0 amide bonds. The van der Waals surface area contributed by atoms with Gasteiger partial charge in [0, 0.05) is 17.8 Å². The van der Waals surface area contributed by atoms with Crippen molar-refractivity contribution in [2.24, 2.45) is 0 Å². The quantitative estimate of drug-likeness (QED) is 0.767. The van der Waals surface area contributed by atoms with Gasteiger partial charge in [-0.15, -0.1) is 0 Å². The minimum Gasteiger partial charge on any atom is -0.490 e. The smallest absolute Gasteiger partial charge is 0.121 e. The van der Waals surface area contributed by atoms with Crippen LogP contribution in [0.25, 0.3) is 10.9 Å². The van der Waals surface area contributed by atoms with E-state index in [9.17, 15) is 0 Å². The molecule has 0 spiro atoms. The Labute approximate surface area is 82.9 Å². The predicted molar refractivity (Wildman–Crippen MR) is 56.6 cm³/mol. The van der Waals surface area contributed by atoms with Crippen LogP contribution in [0, 0.1) is 0 Å². The van der Waals surface area contributed by atoms with Crippen LogP contribution < -0.4 is 4.74 Å². The number of rotatable bonds is 2. The lowest BCUT2D eigenvalue weighted by molar-refractivity contribution is 0.120. The molecule has 3 rings (SSSR count). The van der Waals surface area contributed by atoms with Crippen molar-refractivity contribution >= 4 is 10.9 Å². The Kier molecular flexibility index (Phi) is 1.72. The molecule has 1 aromatic heterocycles. The highest BCUT2D eigenvalue weighted by atomic mass is 16.5. The predicted octanol–water partition coefficient (Wildman–Crippen LogP) is 3.10. The number of H-pyrrole nitrogens is 1. The number of aromatic nitrogens is 1. The van der Waals surface area contributed by atoms with Gasteiger partial charge >= 0.3 is 0 Å². The summed E-state index contributed by atoms with van der Waals surface area (Å²) in [4.78, 5) is 3.19. The van der Waals surface area contributed by atoms with Crippen LogP contribution in [-0.4, -0.2) is 11.1 Å². The molecule has 1 aliphatic carbocycles. The van der Waals surface area contributed by atoms with Gasteiger partial charge in [-0.3, -0.25) is 0 Å². The number of ether oxygens (including phenoxy) is 1. The van der Waals surface area contributed by atoms with Crippen molar-refractivity contribution < 1.29 is 4.74 Å². The lowest BCUT2D eigenvalue weighted by atomic mass is 9.96. The normalized spacial score (nSPS) is 16.9. The van der Waals surface area contributed by atoms with E-state index < -0.39 is 0 Å². The van der Waals surface area contributed by atoms with Gasteiger partial charge in [0.1, 0.15) is 5.75 Å². The zero-order valence-corrected chi connectivity index (χ0v) is 7.99. The summed E-state index contributed by atoms with van der Waals surface area (Å²) in [5.74, 6) is 0.990. The fraction of sp³-hybridized carbons (Fsp3) is 0.333. The van der Waals surface area contributed by atoms with Crippen LogP contribution in [0.5, 0.6) is 5.75 Å². The first-order valence-electron chi connectivity index (χ1n) is 5.16. The number of benzene rings is 1. The Balaban J connectivity index is 1.88. The summed E-state index contributed by atoms with van der Waals surface area (Å²) in [6.07, 6.45) is 6.15. The molecule has 1 N–H and O–H groups in total. The third-order valence-corrected chi connectivity index (χ3v) is 2.88. The third kappa shape index (κ3) is 1.27. The van der Waals surface area contributed by atoms with Crippen molar-refractivity contribution in [1.29, 1.82) is 0 Å². The van der Waals surface area contributed by atoms with Gasteiger partial charge in [0.15, 0.2) is 0 Å². The van der Waals surface area contributed by atoms with Crippen molar-refractivity contribution in [1.82, 2.24) is 4.98 Å². The van der Waals surface area contributed by atoms with E-state index in [-0.39, 0.29) is 0 Å². The second-order valence-corrected chi connectivity index (χ2v) is 3.90. The molecule has 14 heavy (non-hydrogen) atoms. The first-order chi connectivity index (χ1) is 6.92. The van der Waals surface area contributed by atoms with Gasteiger partial charge in [-0.1, -0.05) is 0 Å². The van der Waals surface area contributed by atoms with E-state index in [4.69, 9.17) is 4.74 Å². The highest BCUT2D eigenvalue weighted by Gasteiger charge is 2.18. The zero-order valence-electron chi connectivity index (χ0n) is 7.99. The summed E-state index contributed by atoms with van der Waals surface area (Å²) < 4.78 is 5.81. The van der Waals surface area contributed by atoms with E-state index >= 15 is 0 Å². The average molecular weight is 187 g/mol. The maximum Gasteiger partial charge on any atom is 0.121 e. The van der Waals surface area contributed by atoms with Crippen LogP contribution in [0.3, 0.4) is 0 Å². The summed E-state index contributed by atoms with van der Waals surface area (Å²) in [6, 6.07) is 8.30. The maximum atomic E-state index is 5.81. The highest BCUT2D eigenvalue weighted by molar-refractivity contribution is 5.80. The molecule has 1 saturated carbocycles. The molecule has 2 heteroatoms. The molecule has 2 nitrogen and oxygen atoms in total. The van der Waals surface area contributed by atoms with E-state index in [0.29, 0.717) is 6.10 Å². The molecule has 72 valence electrons. The fourth-order valence-corrected chi connectivity index (χ4v) is 1.78. The zero-order chi connectivity index (χ0) is 9.38. The van der Waals surface area contributed by atoms with Gasteiger partial charge in [-0.05, 0) is 42.8 Å². The van der Waals surface area contributed by atoms with Gasteiger partial charge in [0.25, 0.3) is 0 Å². The Hall–Kier alpha value is -1.44. The van der Waals surface area contributed by atoms with Crippen LogP contribution in [0.1, 0.15) is 19.3 Å². The van der Waals surface area contributed by atoms with Crippen molar-refractivity contribution in [3.05, 3.63) is 30.5 Å². The molecule has 0 radical (unpaired) electrons. The monoisotopic (exact) mass is 187 g/mol. The van der Waals surface area contributed by atoms with Crippen molar-refractivity contribution in [3.8, 4) is 5.75 Å². The van der Waals surface area contributed by atoms with E-state index in [1.807, 2.05) is 6.20 Å². The lowest BCUT2D eigenvalue weighted by Gasteiger charge is -2.26. The van der Waals surface area contributed by atoms with Gasteiger partial charge in [0.2, 0.25) is 0 Å². The fourth-order valence-electron chi connectivity index (χ4n) is 1.78. The van der Waals surface area contributed by atoms with Crippen LogP contribution in [0.2, 0.25) is 0 Å². The summed E-state index contributed by atoms with van der Waals surface area (Å²) in [7, 11) is 0. The van der Waals surface area contributed by atoms with Gasteiger partial charge in [-0.25, -0.2) is 0 Å². The average Bonchev–Trinajstić information content (AvgIpc) is 2.58. The van der Waals surface area contributed by atoms with Crippen LogP contribution in [0.15, 0.2) is 30.5 Å². The summed E-state index contributed by atoms with van der Waals surface area (Å²) >= 11 is 0. The van der Waals surface area contributed by atoms with Gasteiger partial charge < -0.3 is 9.72 Å². The number of hydrogen-bond acceptors (Lipinski definition) is 1. The lowest BCUT2D eigenvalue weighted by Crippen LogP contribution is -2.24. The molecule has 1 heterocycles. The Morgan fingerprint density at radius 1 is 1.21 bits per heavy atom. The molecule has 0 atom stereocenters. The Morgan fingerprint density at radius 2 is 2.14 bits per heavy atom. The van der Waals surface area contributed by atoms with Crippen LogP contribution >= 0.6 is 0 Å². The summed E-state index contributed by atoms with van der Waals surface area (Å²) in [5.41, 5.74) is 1.15. The Morgan fingerprint density at radius 3 is 2.93 bits per heavy atom. The molecule has 0 bridgehead atoms. The molecule has 0 saturated heterocycles. The van der Waals surface area contributed by atoms with Crippen LogP contribution in [-0.2, 0) is 0 Å². The number of hydrogen-bond donors (Lipinski definition) is 1. The highest BCUT2D eigenvalue weighted by Crippen LogP contribution is 2.26. The molecule has 1 aliphatic rings. The second-order valence-electron chi connectivity index (χ2n) is 3.90. The number of aromatic amines is 1. The maximum absolute atomic E-state index is 5.81. The van der Waals surface area contributed by atoms with Crippen molar-refractivity contribution in [3.63, 3.8) is 0 Å². The van der Waals surface area contributed by atoms with E-state index in [2.05, 4.69) is 29.2 Å². The summed E-state index contributed by atoms with van der Waals surface area (Å²) in [6.45, 7) is 0.